The van der Waals surface area contributed by atoms with Gasteiger partial charge in [-0.05, 0) is 67.9 Å². The number of halogens is 9. The lowest BCUT2D eigenvalue weighted by Crippen LogP contribution is -2.56. The highest BCUT2D eigenvalue weighted by Gasteiger charge is 2.73. The van der Waals surface area contributed by atoms with E-state index in [0.29, 0.717) is 24.3 Å². The summed E-state index contributed by atoms with van der Waals surface area (Å²) in [7, 11) is -4.32. The monoisotopic (exact) mass is 611 g/mol. The second-order valence-electron chi connectivity index (χ2n) is 9.44. The van der Waals surface area contributed by atoms with Crippen molar-refractivity contribution in [2.75, 3.05) is 13.1 Å². The van der Waals surface area contributed by atoms with E-state index in [0.717, 1.165) is 42.5 Å². The number of alkyl halides is 6. The minimum Gasteiger partial charge on any atom is -0.349 e. The van der Waals surface area contributed by atoms with Gasteiger partial charge >= 0.3 is 12.4 Å². The summed E-state index contributed by atoms with van der Waals surface area (Å²) < 4.78 is 157. The second kappa shape index (κ2) is 11.0. The average molecular weight is 612 g/mol. The largest absolute Gasteiger partial charge is 0.430 e. The van der Waals surface area contributed by atoms with Gasteiger partial charge in [-0.1, -0.05) is 30.3 Å². The predicted molar refractivity (Wildman–Crippen MR) is 129 cm³/mol. The maximum atomic E-state index is 14.3. The van der Waals surface area contributed by atoms with E-state index < -0.39 is 67.7 Å². The number of benzene rings is 3. The molecule has 0 unspecified atom stereocenters. The number of hydrogen-bond donors (Lipinski definition) is 1. The molecule has 0 amide bonds. The van der Waals surface area contributed by atoms with Gasteiger partial charge in [-0.25, -0.2) is 21.6 Å². The lowest BCUT2D eigenvalue weighted by atomic mass is 9.85. The molecule has 1 aliphatic rings. The molecule has 222 valence electrons. The molecule has 0 aliphatic carbocycles. The van der Waals surface area contributed by atoms with Crippen LogP contribution in [-0.2, 0) is 31.5 Å². The van der Waals surface area contributed by atoms with Crippen molar-refractivity contribution in [1.82, 2.24) is 5.32 Å². The zero-order valence-electron chi connectivity index (χ0n) is 20.9. The number of ether oxygens (including phenoxy) is 1. The van der Waals surface area contributed by atoms with Gasteiger partial charge in [0.1, 0.15) is 22.2 Å². The van der Waals surface area contributed by atoms with Crippen LogP contribution in [0.5, 0.6) is 0 Å². The average Bonchev–Trinajstić information content (AvgIpc) is 2.90. The normalized spacial score (nSPS) is 16.5. The highest BCUT2D eigenvalue weighted by molar-refractivity contribution is 7.92. The Bertz CT molecular complexity index is 1450. The first-order chi connectivity index (χ1) is 19.1. The fourth-order valence-corrected chi connectivity index (χ4v) is 7.11. The van der Waals surface area contributed by atoms with Gasteiger partial charge in [0.2, 0.25) is 0 Å². The number of hydrogen-bond acceptors (Lipinski definition) is 4. The summed E-state index contributed by atoms with van der Waals surface area (Å²) in [5.41, 5.74) is -7.71. The molecule has 4 rings (SSSR count). The molecule has 1 saturated heterocycles. The SMILES string of the molecule is O=S(=O)(c1ccc(F)cc1)C1(c2ccc(C(OCc3c(F)cccc3F)(C(F)(F)F)C(F)(F)F)cc2)CCNCC1. The number of piperidine rings is 1. The van der Waals surface area contributed by atoms with Crippen molar-refractivity contribution < 1.29 is 52.7 Å². The smallest absolute Gasteiger partial charge is 0.349 e. The molecule has 4 nitrogen and oxygen atoms in total. The molecule has 1 fully saturated rings. The first-order valence-corrected chi connectivity index (χ1v) is 13.6. The summed E-state index contributed by atoms with van der Waals surface area (Å²) in [6, 6.07) is 8.62. The Hall–Kier alpha value is -3.10. The summed E-state index contributed by atoms with van der Waals surface area (Å²) in [6.07, 6.45) is -12.5. The Morgan fingerprint density at radius 3 is 1.76 bits per heavy atom. The van der Waals surface area contributed by atoms with Crippen LogP contribution in [0.15, 0.2) is 71.6 Å². The highest BCUT2D eigenvalue weighted by Crippen LogP contribution is 2.54. The molecule has 0 atom stereocenters. The molecule has 3 aromatic carbocycles. The first-order valence-electron chi connectivity index (χ1n) is 12.1. The summed E-state index contributed by atoms with van der Waals surface area (Å²) in [4.78, 5) is -0.278. The third-order valence-electron chi connectivity index (χ3n) is 7.16. The van der Waals surface area contributed by atoms with Gasteiger partial charge < -0.3 is 10.1 Å². The minimum absolute atomic E-state index is 0.0845. The van der Waals surface area contributed by atoms with E-state index in [-0.39, 0.29) is 36.4 Å². The number of nitrogens with one attached hydrogen (secondary N) is 1. The number of sulfone groups is 1. The van der Waals surface area contributed by atoms with Crippen LogP contribution in [0.1, 0.15) is 29.5 Å². The van der Waals surface area contributed by atoms with Gasteiger partial charge in [-0.15, -0.1) is 0 Å². The molecule has 0 spiro atoms. The van der Waals surface area contributed by atoms with E-state index in [9.17, 15) is 47.9 Å². The molecule has 1 heterocycles. The topological polar surface area (TPSA) is 55.4 Å². The molecule has 3 aromatic rings. The van der Waals surface area contributed by atoms with Crippen molar-refractivity contribution in [3.8, 4) is 0 Å². The van der Waals surface area contributed by atoms with Gasteiger partial charge in [0.05, 0.1) is 11.5 Å². The molecule has 0 saturated carbocycles. The van der Waals surface area contributed by atoms with Gasteiger partial charge in [0, 0.05) is 11.1 Å². The first kappa shape index (κ1) is 30.8. The van der Waals surface area contributed by atoms with Crippen LogP contribution in [-0.4, -0.2) is 33.9 Å². The van der Waals surface area contributed by atoms with Crippen molar-refractivity contribution in [2.45, 2.75) is 47.0 Å². The van der Waals surface area contributed by atoms with E-state index >= 15 is 0 Å². The molecule has 41 heavy (non-hydrogen) atoms. The maximum Gasteiger partial charge on any atom is 0.430 e. The van der Waals surface area contributed by atoms with E-state index in [1.807, 2.05) is 0 Å². The van der Waals surface area contributed by atoms with Crippen LogP contribution < -0.4 is 5.32 Å². The van der Waals surface area contributed by atoms with E-state index in [2.05, 4.69) is 10.1 Å². The zero-order valence-corrected chi connectivity index (χ0v) is 21.7. The zero-order chi connectivity index (χ0) is 30.3. The maximum absolute atomic E-state index is 14.3. The predicted octanol–water partition coefficient (Wildman–Crippen LogP) is 6.69. The summed E-state index contributed by atoms with van der Waals surface area (Å²) in [5, 5.41) is 2.96. The lowest BCUT2D eigenvalue weighted by molar-refractivity contribution is -0.392. The van der Waals surface area contributed by atoms with Crippen molar-refractivity contribution in [2.24, 2.45) is 0 Å². The molecule has 0 bridgehead atoms. The van der Waals surface area contributed by atoms with Gasteiger partial charge in [0.15, 0.2) is 9.84 Å². The van der Waals surface area contributed by atoms with Crippen LogP contribution in [0.3, 0.4) is 0 Å². The third-order valence-corrected chi connectivity index (χ3v) is 9.73. The van der Waals surface area contributed by atoms with Gasteiger partial charge in [0.25, 0.3) is 5.60 Å². The van der Waals surface area contributed by atoms with Crippen LogP contribution >= 0.6 is 0 Å². The summed E-state index contributed by atoms with van der Waals surface area (Å²) in [6.45, 7) is -1.39. The van der Waals surface area contributed by atoms with Crippen LogP contribution in [0.4, 0.5) is 39.5 Å². The third kappa shape index (κ3) is 5.32. The molecule has 0 radical (unpaired) electrons. The van der Waals surface area contributed by atoms with E-state index in [4.69, 9.17) is 0 Å². The molecular weight excluding hydrogens is 589 g/mol. The van der Waals surface area contributed by atoms with Gasteiger partial charge in [-0.3, -0.25) is 0 Å². The van der Waals surface area contributed by atoms with Crippen molar-refractivity contribution in [3.05, 3.63) is 101 Å². The molecule has 14 heteroatoms. The highest BCUT2D eigenvalue weighted by atomic mass is 32.2. The van der Waals surface area contributed by atoms with Gasteiger partial charge in [-0.2, -0.15) is 26.3 Å². The van der Waals surface area contributed by atoms with Crippen molar-refractivity contribution >= 4 is 9.84 Å². The second-order valence-corrected chi connectivity index (χ2v) is 11.7. The van der Waals surface area contributed by atoms with E-state index in [1.54, 1.807) is 0 Å². The molecular formula is C27H22F9NO3S. The fraction of sp³-hybridized carbons (Fsp3) is 0.333. The van der Waals surface area contributed by atoms with Crippen LogP contribution in [0.25, 0.3) is 0 Å². The quantitative estimate of drug-likeness (QED) is 0.239. The Balaban J connectivity index is 1.83. The van der Waals surface area contributed by atoms with E-state index in [1.165, 1.54) is 0 Å². The number of rotatable bonds is 7. The Labute approximate surface area is 229 Å². The standard InChI is InChI=1S/C27H22F9NO3S/c28-19-8-10-20(11-9-19)41(38,39)24(12-14-37-15-13-24)17-4-6-18(7-5-17)25(26(31,32)33,27(34,35)36)40-16-21-22(29)2-1-3-23(21)30/h1-11,37H,12-16H2. The van der Waals surface area contributed by atoms with Crippen molar-refractivity contribution in [1.29, 1.82) is 0 Å². The fourth-order valence-electron chi connectivity index (χ4n) is 4.98. The Kier molecular flexibility index (Phi) is 8.24. The van der Waals surface area contributed by atoms with Crippen LogP contribution in [0, 0.1) is 17.5 Å². The van der Waals surface area contributed by atoms with Crippen LogP contribution in [0.2, 0.25) is 0 Å². The molecule has 1 aliphatic heterocycles. The minimum atomic E-state index is -6.15. The Morgan fingerprint density at radius 1 is 0.756 bits per heavy atom. The van der Waals surface area contributed by atoms with Crippen molar-refractivity contribution in [3.63, 3.8) is 0 Å². The summed E-state index contributed by atoms with van der Waals surface area (Å²) >= 11 is 0. The Morgan fingerprint density at radius 2 is 1.27 bits per heavy atom. The molecule has 1 N–H and O–H groups in total. The lowest BCUT2D eigenvalue weighted by Gasteiger charge is -2.39. The molecule has 0 aromatic heterocycles. The summed E-state index contributed by atoms with van der Waals surface area (Å²) in [5.74, 6) is -3.52.